The largest absolute Gasteiger partial charge is 0.497 e. The fourth-order valence-corrected chi connectivity index (χ4v) is 3.88. The molecule has 0 saturated heterocycles. The van der Waals surface area contributed by atoms with Crippen molar-refractivity contribution in [3.05, 3.63) is 59.3 Å². The number of fused-ring (bicyclic) bond motifs is 2. The lowest BCUT2D eigenvalue weighted by molar-refractivity contribution is 0.0996. The summed E-state index contributed by atoms with van der Waals surface area (Å²) in [4.78, 5) is 17.6. The number of methoxy groups -OCH3 is 1. The van der Waals surface area contributed by atoms with Crippen LogP contribution in [0.1, 0.15) is 35.5 Å². The molecule has 1 N–H and O–H groups in total. The Bertz CT molecular complexity index is 1370. The van der Waals surface area contributed by atoms with Crippen molar-refractivity contribution in [1.29, 1.82) is 0 Å². The number of carbonyl (C=O) groups excluding carboxylic acids is 1. The van der Waals surface area contributed by atoms with E-state index < -0.39 is 5.91 Å². The minimum Gasteiger partial charge on any atom is -0.497 e. The van der Waals surface area contributed by atoms with E-state index >= 15 is 0 Å². The maximum atomic E-state index is 13.0. The Morgan fingerprint density at radius 3 is 2.62 bits per heavy atom. The van der Waals surface area contributed by atoms with Crippen LogP contribution in [0.2, 0.25) is 0 Å². The second kappa shape index (κ2) is 8.42. The number of hydrogen-bond acceptors (Lipinski definition) is 5. The molecule has 0 fully saturated rings. The summed E-state index contributed by atoms with van der Waals surface area (Å²) in [6.45, 7) is 8.54. The lowest BCUT2D eigenvalue weighted by atomic mass is 10.1. The van der Waals surface area contributed by atoms with Gasteiger partial charge in [0, 0.05) is 23.0 Å². The number of aromatic hydroxyl groups is 1. The molecule has 0 aliphatic rings. The number of pyridine rings is 1. The van der Waals surface area contributed by atoms with Crippen LogP contribution in [0.15, 0.2) is 52.7 Å². The van der Waals surface area contributed by atoms with Gasteiger partial charge in [0.2, 0.25) is 5.88 Å². The van der Waals surface area contributed by atoms with Gasteiger partial charge in [0.15, 0.2) is 5.69 Å². The zero-order chi connectivity index (χ0) is 23.0. The Kier molecular flexibility index (Phi) is 5.65. The number of azo groups is 1. The summed E-state index contributed by atoms with van der Waals surface area (Å²) in [6.07, 6.45) is 0. The number of ether oxygens (including phenoxy) is 1. The van der Waals surface area contributed by atoms with E-state index in [1.165, 1.54) is 0 Å². The van der Waals surface area contributed by atoms with E-state index in [4.69, 9.17) is 4.74 Å². The number of hydrogen-bond donors (Lipinski definition) is 1. The van der Waals surface area contributed by atoms with Crippen molar-refractivity contribution in [2.24, 2.45) is 16.1 Å². The van der Waals surface area contributed by atoms with Gasteiger partial charge >= 0.3 is 0 Å². The molecular weight excluding hydrogens is 404 g/mol. The molecule has 7 nitrogen and oxygen atoms in total. The molecule has 0 atom stereocenters. The number of aromatic nitrogens is 2. The summed E-state index contributed by atoms with van der Waals surface area (Å²) >= 11 is 0. The van der Waals surface area contributed by atoms with Crippen molar-refractivity contribution in [2.75, 3.05) is 7.11 Å². The fourth-order valence-electron chi connectivity index (χ4n) is 3.88. The highest BCUT2D eigenvalue weighted by Crippen LogP contribution is 2.41. The van der Waals surface area contributed by atoms with Gasteiger partial charge in [-0.2, -0.15) is 0 Å². The number of carbonyl (C=O) groups is 1. The summed E-state index contributed by atoms with van der Waals surface area (Å²) in [5.74, 6) is 0.427. The maximum absolute atomic E-state index is 13.0. The average Bonchev–Trinajstić information content (AvgIpc) is 3.01. The van der Waals surface area contributed by atoms with E-state index in [0.717, 1.165) is 27.7 Å². The maximum Gasteiger partial charge on any atom is 0.296 e. The lowest BCUT2D eigenvalue weighted by Crippen LogP contribution is -2.03. The summed E-state index contributed by atoms with van der Waals surface area (Å²) in [5.41, 5.74) is 3.97. The van der Waals surface area contributed by atoms with Crippen LogP contribution >= 0.6 is 0 Å². The molecule has 2 aromatic carbocycles. The van der Waals surface area contributed by atoms with Gasteiger partial charge in [0.1, 0.15) is 5.75 Å². The summed E-state index contributed by atoms with van der Waals surface area (Å²) < 4.78 is 7.12. The van der Waals surface area contributed by atoms with Crippen molar-refractivity contribution in [2.45, 2.75) is 34.2 Å². The van der Waals surface area contributed by atoms with Gasteiger partial charge in [-0.1, -0.05) is 25.5 Å². The van der Waals surface area contributed by atoms with Crippen molar-refractivity contribution in [1.82, 2.24) is 9.55 Å². The van der Waals surface area contributed by atoms with E-state index in [1.807, 2.05) is 44.2 Å². The van der Waals surface area contributed by atoms with Gasteiger partial charge < -0.3 is 14.4 Å². The molecular formula is C25H26N4O3. The second-order valence-corrected chi connectivity index (χ2v) is 8.40. The standard InChI is InChI=1S/C25H26N4O3/c1-14(2)13-29-22-9-7-17(32-5)12-20(22)23(25(29)31)27-28-24(30)19-11-16(4)26-21-8-6-15(3)10-18(19)21/h6-12,14,31H,13H2,1-5H3. The minimum atomic E-state index is -0.488. The van der Waals surface area contributed by atoms with Gasteiger partial charge in [-0.3, -0.25) is 9.78 Å². The quantitative estimate of drug-likeness (QED) is 0.387. The van der Waals surface area contributed by atoms with Crippen molar-refractivity contribution in [3.63, 3.8) is 0 Å². The van der Waals surface area contributed by atoms with Crippen LogP contribution < -0.4 is 4.74 Å². The second-order valence-electron chi connectivity index (χ2n) is 8.40. The lowest BCUT2D eigenvalue weighted by Gasteiger charge is -2.09. The molecule has 0 aliphatic carbocycles. The van der Waals surface area contributed by atoms with Gasteiger partial charge in [0.05, 0.1) is 23.7 Å². The fraction of sp³-hybridized carbons (Fsp3) is 0.280. The van der Waals surface area contributed by atoms with Crippen molar-refractivity contribution >= 4 is 33.4 Å². The van der Waals surface area contributed by atoms with Gasteiger partial charge in [-0.05, 0) is 56.2 Å². The highest BCUT2D eigenvalue weighted by Gasteiger charge is 2.19. The molecule has 2 aromatic heterocycles. The highest BCUT2D eigenvalue weighted by atomic mass is 16.5. The Labute approximate surface area is 186 Å². The SMILES string of the molecule is COc1ccc2c(c1)c(N=NC(=O)c1cc(C)nc3ccc(C)cc13)c(O)n2CC(C)C. The first kappa shape index (κ1) is 21.5. The Hall–Kier alpha value is -3.74. The van der Waals surface area contributed by atoms with Crippen LogP contribution in [0, 0.1) is 19.8 Å². The zero-order valence-corrected chi connectivity index (χ0v) is 18.9. The molecule has 0 aliphatic heterocycles. The van der Waals surface area contributed by atoms with E-state index in [1.54, 1.807) is 23.8 Å². The van der Waals surface area contributed by atoms with Gasteiger partial charge in [-0.25, -0.2) is 0 Å². The van der Waals surface area contributed by atoms with Crippen LogP contribution in [0.25, 0.3) is 21.8 Å². The molecule has 1 amide bonds. The molecule has 32 heavy (non-hydrogen) atoms. The van der Waals surface area contributed by atoms with Crippen molar-refractivity contribution in [3.8, 4) is 11.6 Å². The molecule has 0 radical (unpaired) electrons. The third kappa shape index (κ3) is 3.93. The van der Waals surface area contributed by atoms with Gasteiger partial charge in [0.25, 0.3) is 5.91 Å². The highest BCUT2D eigenvalue weighted by molar-refractivity contribution is 6.07. The van der Waals surface area contributed by atoms with Crippen molar-refractivity contribution < 1.29 is 14.6 Å². The summed E-state index contributed by atoms with van der Waals surface area (Å²) in [6, 6.07) is 13.0. The van der Waals surface area contributed by atoms with Crippen LogP contribution in [-0.2, 0) is 6.54 Å². The summed E-state index contributed by atoms with van der Waals surface area (Å²) in [5, 5.41) is 20.5. The number of rotatable bonds is 5. The number of aryl methyl sites for hydroxylation is 2. The van der Waals surface area contributed by atoms with Crippen LogP contribution in [0.3, 0.4) is 0 Å². The molecule has 164 valence electrons. The molecule has 0 unspecified atom stereocenters. The van der Waals surface area contributed by atoms with E-state index in [2.05, 4.69) is 29.1 Å². The number of benzene rings is 2. The molecule has 4 rings (SSSR count). The number of amides is 1. The molecule has 0 spiro atoms. The predicted molar refractivity (Wildman–Crippen MR) is 125 cm³/mol. The van der Waals surface area contributed by atoms with E-state index in [-0.39, 0.29) is 11.6 Å². The van der Waals surface area contributed by atoms with E-state index in [0.29, 0.717) is 29.2 Å². The van der Waals surface area contributed by atoms with Crippen LogP contribution in [0.4, 0.5) is 5.69 Å². The number of nitrogens with zero attached hydrogens (tertiary/aromatic N) is 4. The monoisotopic (exact) mass is 430 g/mol. The van der Waals surface area contributed by atoms with Crippen LogP contribution in [0.5, 0.6) is 11.6 Å². The molecule has 2 heterocycles. The third-order valence-electron chi connectivity index (χ3n) is 5.33. The minimum absolute atomic E-state index is 0.0230. The van der Waals surface area contributed by atoms with E-state index in [9.17, 15) is 9.90 Å². The molecule has 0 bridgehead atoms. The Morgan fingerprint density at radius 1 is 1.12 bits per heavy atom. The first-order valence-corrected chi connectivity index (χ1v) is 10.5. The molecule has 7 heteroatoms. The summed E-state index contributed by atoms with van der Waals surface area (Å²) in [7, 11) is 1.58. The topological polar surface area (TPSA) is 89.1 Å². The zero-order valence-electron chi connectivity index (χ0n) is 18.9. The first-order chi connectivity index (χ1) is 15.3. The Morgan fingerprint density at radius 2 is 1.91 bits per heavy atom. The van der Waals surface area contributed by atoms with Gasteiger partial charge in [-0.15, -0.1) is 10.2 Å². The molecule has 4 aromatic rings. The van der Waals surface area contributed by atoms with Crippen LogP contribution in [-0.4, -0.2) is 27.7 Å². The smallest absolute Gasteiger partial charge is 0.296 e. The average molecular weight is 431 g/mol. The normalized spacial score (nSPS) is 11.8. The first-order valence-electron chi connectivity index (χ1n) is 10.5. The Balaban J connectivity index is 1.82. The molecule has 0 saturated carbocycles. The predicted octanol–water partition coefficient (Wildman–Crippen LogP) is 6.10. The third-order valence-corrected chi connectivity index (χ3v) is 5.33.